The minimum Gasteiger partial charge on any atom is -0.744 e. The zero-order valence-electron chi connectivity index (χ0n) is 28.9. The summed E-state index contributed by atoms with van der Waals surface area (Å²) in [4.78, 5) is 7.54. The molecule has 21 nitrogen and oxygen atoms in total. The van der Waals surface area contributed by atoms with E-state index >= 15 is 0 Å². The van der Waals surface area contributed by atoms with Crippen LogP contribution in [0.3, 0.4) is 0 Å². The maximum atomic E-state index is 12.3. The molecule has 0 aliphatic heterocycles. The van der Waals surface area contributed by atoms with Crippen LogP contribution in [-0.2, 0) is 57.5 Å². The van der Waals surface area contributed by atoms with Crippen LogP contribution in [0.25, 0.3) is 10.8 Å². The quantitative estimate of drug-likeness (QED) is 0.0881. The van der Waals surface area contributed by atoms with E-state index in [4.69, 9.17) is 23.2 Å². The molecule has 0 bridgehead atoms. The van der Waals surface area contributed by atoms with Crippen molar-refractivity contribution in [3.63, 3.8) is 0 Å². The van der Waals surface area contributed by atoms with Crippen molar-refractivity contribution in [1.29, 1.82) is 0 Å². The zero-order chi connectivity index (χ0) is 38.6. The van der Waals surface area contributed by atoms with E-state index in [1.54, 1.807) is 0 Å². The van der Waals surface area contributed by atoms with Crippen molar-refractivity contribution in [2.75, 3.05) is 10.6 Å². The molecule has 285 valence electrons. The number of aromatic nitrogens is 3. The third kappa shape index (κ3) is 9.44. The Morgan fingerprint density at radius 1 is 0.660 bits per heavy atom. The van der Waals surface area contributed by atoms with Gasteiger partial charge in [-0.3, -0.25) is 0 Å². The number of benzene rings is 4. The van der Waals surface area contributed by atoms with Gasteiger partial charge in [-0.2, -0.15) is 15.0 Å². The molecule has 0 saturated carbocycles. The van der Waals surface area contributed by atoms with E-state index in [2.05, 4.69) is 35.8 Å². The summed E-state index contributed by atoms with van der Waals surface area (Å²) < 4.78 is 142. The van der Waals surface area contributed by atoms with Gasteiger partial charge in [-0.15, -0.1) is 10.2 Å². The molecule has 0 aliphatic carbocycles. The van der Waals surface area contributed by atoms with Crippen LogP contribution in [0.15, 0.2) is 84.4 Å². The monoisotopic (exact) mass is 900 g/mol. The molecule has 0 fully saturated rings. The molecule has 0 unspecified atom stereocenters. The topological polar surface area (TPSA) is 357 Å². The molecule has 0 atom stereocenters. The molecule has 0 saturated heterocycles. The second kappa shape index (κ2) is 14.8. The SMILES string of the molecule is O=S(=O)([O-])c1cccc(Nc2nc(Cl)nc(Nc3cc(S(=O)(=O)[O-])cc4cc(S(=O)(=O)[O-])c(N=Nc5cc(S(=O)(=O)[O-])cc(Cl)c5O)c(O)c34)n2)c1.[Cu].[H+].[H+].[H+].[H+]. The third-order valence-electron chi connectivity index (χ3n) is 6.48. The molecule has 4 N–H and O–H groups in total. The van der Waals surface area contributed by atoms with Crippen molar-refractivity contribution in [3.8, 4) is 11.5 Å². The first kappa shape index (κ1) is 41.4. The molecule has 28 heteroatoms. The number of rotatable bonds is 10. The van der Waals surface area contributed by atoms with E-state index in [0.29, 0.717) is 30.3 Å². The van der Waals surface area contributed by atoms with Gasteiger partial charge >= 0.3 is 5.71 Å². The van der Waals surface area contributed by atoms with Crippen LogP contribution in [-0.4, -0.2) is 77.0 Å². The van der Waals surface area contributed by atoms with Crippen LogP contribution in [0, 0.1) is 0 Å². The number of fused-ring (bicyclic) bond motifs is 1. The van der Waals surface area contributed by atoms with Gasteiger partial charge in [0, 0.05) is 28.1 Å². The molecule has 5 aromatic rings. The van der Waals surface area contributed by atoms with Crippen LogP contribution in [0.1, 0.15) is 5.71 Å². The number of aromatic hydroxyl groups is 2. The molecule has 0 aliphatic rings. The summed E-state index contributed by atoms with van der Waals surface area (Å²) in [7, 11) is -21.0. The van der Waals surface area contributed by atoms with Gasteiger partial charge in [-0.05, 0) is 65.5 Å². The Balaban J connectivity index is 0.00000627. The predicted octanol–water partition coefficient (Wildman–Crippen LogP) is 3.71. The first-order valence-corrected chi connectivity index (χ1v) is 19.5. The van der Waals surface area contributed by atoms with Gasteiger partial charge in [0.15, 0.2) is 11.5 Å². The molecule has 0 spiro atoms. The van der Waals surface area contributed by atoms with Crippen molar-refractivity contribution in [2.45, 2.75) is 19.6 Å². The first-order chi connectivity index (χ1) is 23.9. The Morgan fingerprint density at radius 3 is 1.83 bits per heavy atom. The van der Waals surface area contributed by atoms with E-state index in [0.717, 1.165) is 12.1 Å². The summed E-state index contributed by atoms with van der Waals surface area (Å²) in [5.74, 6) is -3.16. The number of phenols is 2. The predicted molar refractivity (Wildman–Crippen MR) is 177 cm³/mol. The summed E-state index contributed by atoms with van der Waals surface area (Å²) >= 11 is 11.8. The molecule has 0 amide bonds. The Morgan fingerprint density at radius 2 is 1.25 bits per heavy atom. The van der Waals surface area contributed by atoms with Crippen LogP contribution in [0.5, 0.6) is 11.5 Å². The van der Waals surface area contributed by atoms with Gasteiger partial charge in [0.1, 0.15) is 51.8 Å². The summed E-state index contributed by atoms with van der Waals surface area (Å²) in [6, 6.07) is 7.26. The number of nitrogens with zero attached hydrogens (tertiary/aromatic N) is 5. The summed E-state index contributed by atoms with van der Waals surface area (Å²) in [6.07, 6.45) is 0. The Bertz CT molecular complexity index is 2830. The number of halogens is 2. The molecule has 1 aromatic heterocycles. The third-order valence-corrected chi connectivity index (χ3v) is 10.2. The zero-order valence-corrected chi connectivity index (χ0v) is 30.6. The average molecular weight is 902 g/mol. The second-order valence-corrected chi connectivity index (χ2v) is 16.2. The van der Waals surface area contributed by atoms with Crippen molar-refractivity contribution in [1.82, 2.24) is 15.0 Å². The van der Waals surface area contributed by atoms with Gasteiger partial charge < -0.3 is 39.1 Å². The standard InChI is InChI=1S/C25H17Cl2N7O14S4.Cu/c26-15-7-14(51(43,44)45)9-17(21(15)35)33-34-20-18(52(46,47)48)5-10-4-13(50(40,41)42)8-16(19(10)22(20)36)29-25-31-23(27)30-24(32-25)28-11-2-1-3-12(6-11)49(37,38)39;/h1-9,35-36H,(H,37,38,39)(H,40,41,42)(H,43,44,45)(H,46,47,48)(H2,28,29,30,31,32);. The molecule has 4 aromatic carbocycles. The first-order valence-electron chi connectivity index (χ1n) is 13.1. The molecule has 1 heterocycles. The van der Waals surface area contributed by atoms with E-state index in [9.17, 15) is 62.1 Å². The number of phenolic OH excluding ortho intramolecular Hbond substituents is 2. The van der Waals surface area contributed by atoms with Gasteiger partial charge in [0.2, 0.25) is 17.2 Å². The van der Waals surface area contributed by atoms with Gasteiger partial charge in [-0.1, -0.05) is 17.7 Å². The van der Waals surface area contributed by atoms with Crippen LogP contribution < -0.4 is 10.6 Å². The van der Waals surface area contributed by atoms with Crippen molar-refractivity contribution in [2.24, 2.45) is 10.2 Å². The molecule has 5 rings (SSSR count). The average Bonchev–Trinajstić information content (AvgIpc) is 3.00. The smallest absolute Gasteiger partial charge is 0.744 e. The van der Waals surface area contributed by atoms with Gasteiger partial charge in [0.05, 0.1) is 30.3 Å². The minimum atomic E-state index is -5.64. The summed E-state index contributed by atoms with van der Waals surface area (Å²) in [6.45, 7) is 0. The minimum absolute atomic E-state index is 0. The van der Waals surface area contributed by atoms with Crippen molar-refractivity contribution in [3.05, 3.63) is 64.9 Å². The van der Waals surface area contributed by atoms with Crippen LogP contribution in [0.4, 0.5) is 34.6 Å². The fraction of sp³-hybridized carbons (Fsp3) is 0. The maximum absolute atomic E-state index is 12.3. The number of hydrogen-bond acceptors (Lipinski definition) is 21. The normalized spacial score (nSPS) is 12.5. The molecular formula is C25H17Cl2CuN7O14S4. The van der Waals surface area contributed by atoms with Crippen molar-refractivity contribution >= 4 is 109 Å². The van der Waals surface area contributed by atoms with E-state index < -0.39 is 122 Å². The summed E-state index contributed by atoms with van der Waals surface area (Å²) in [5, 5.41) is 31.1. The van der Waals surface area contributed by atoms with Crippen LogP contribution >= 0.6 is 23.2 Å². The molecule has 53 heavy (non-hydrogen) atoms. The fourth-order valence-corrected chi connectivity index (χ4v) is 6.97. The second-order valence-electron chi connectivity index (χ2n) is 9.96. The van der Waals surface area contributed by atoms with Gasteiger partial charge in [0.25, 0.3) is 0 Å². The van der Waals surface area contributed by atoms with E-state index in [1.807, 2.05) is 0 Å². The van der Waals surface area contributed by atoms with Gasteiger partial charge in [-0.25, -0.2) is 33.7 Å². The fourth-order valence-electron chi connectivity index (χ4n) is 4.32. The molecular weight excluding hydrogens is 885 g/mol. The van der Waals surface area contributed by atoms with E-state index in [-0.39, 0.29) is 28.5 Å². The Labute approximate surface area is 324 Å². The summed E-state index contributed by atoms with van der Waals surface area (Å²) in [5.41, 5.74) is -2.62. The molecule has 1 radical (unpaired) electrons. The van der Waals surface area contributed by atoms with Crippen LogP contribution in [0.2, 0.25) is 10.3 Å². The number of hydrogen-bond donors (Lipinski definition) is 4. The maximum Gasteiger partial charge on any atom is 1.00 e. The Hall–Kier alpha value is -4.31. The Kier molecular flexibility index (Phi) is 11.6. The number of azo groups is 1. The van der Waals surface area contributed by atoms with E-state index in [1.165, 1.54) is 12.1 Å². The van der Waals surface area contributed by atoms with Crippen molar-refractivity contribution < 1.29 is 84.9 Å². The number of nitrogens with one attached hydrogen (secondary N) is 2. The largest absolute Gasteiger partial charge is 1.00 e. The number of anilines is 4.